The molecule has 0 saturated heterocycles. The maximum Gasteiger partial charge on any atom is 0.407 e. The SMILES string of the molecule is CCCC(O)[C@H](CC)CN(C(=O)O)C(C)(C)C. The van der Waals surface area contributed by atoms with Gasteiger partial charge in [-0.3, -0.25) is 0 Å². The Bertz CT molecular complexity index is 235. The predicted molar refractivity (Wildman–Crippen MR) is 69.2 cm³/mol. The molecule has 17 heavy (non-hydrogen) atoms. The molecular formula is C13H27NO3. The molecule has 0 aromatic rings. The van der Waals surface area contributed by atoms with Gasteiger partial charge in [-0.25, -0.2) is 4.79 Å². The van der Waals surface area contributed by atoms with Gasteiger partial charge in [0.05, 0.1) is 6.10 Å². The van der Waals surface area contributed by atoms with Crippen molar-refractivity contribution in [1.82, 2.24) is 4.90 Å². The average Bonchev–Trinajstić information content (AvgIpc) is 2.16. The molecule has 0 radical (unpaired) electrons. The highest BCUT2D eigenvalue weighted by Gasteiger charge is 2.30. The third kappa shape index (κ3) is 5.39. The molecule has 2 atom stereocenters. The molecule has 0 rings (SSSR count). The fourth-order valence-electron chi connectivity index (χ4n) is 1.93. The summed E-state index contributed by atoms with van der Waals surface area (Å²) in [6, 6.07) is 0. The second-order valence-electron chi connectivity index (χ2n) is 5.59. The molecule has 0 aliphatic rings. The molecule has 0 aliphatic carbocycles. The van der Waals surface area contributed by atoms with Gasteiger partial charge in [0.2, 0.25) is 0 Å². The number of hydrogen-bond acceptors (Lipinski definition) is 2. The quantitative estimate of drug-likeness (QED) is 0.756. The number of nitrogens with zero attached hydrogens (tertiary/aromatic N) is 1. The van der Waals surface area contributed by atoms with Gasteiger partial charge < -0.3 is 15.1 Å². The maximum absolute atomic E-state index is 11.2. The van der Waals surface area contributed by atoms with Crippen molar-refractivity contribution in [3.05, 3.63) is 0 Å². The van der Waals surface area contributed by atoms with Gasteiger partial charge in [-0.2, -0.15) is 0 Å². The minimum absolute atomic E-state index is 0.0188. The Morgan fingerprint density at radius 2 is 1.82 bits per heavy atom. The van der Waals surface area contributed by atoms with E-state index in [1.54, 1.807) is 0 Å². The van der Waals surface area contributed by atoms with Crippen LogP contribution in [0.4, 0.5) is 4.79 Å². The Balaban J connectivity index is 4.66. The van der Waals surface area contributed by atoms with Crippen molar-refractivity contribution in [3.63, 3.8) is 0 Å². The number of rotatable bonds is 6. The summed E-state index contributed by atoms with van der Waals surface area (Å²) in [5, 5.41) is 19.2. The lowest BCUT2D eigenvalue weighted by Gasteiger charge is -2.37. The Labute approximate surface area is 105 Å². The largest absolute Gasteiger partial charge is 0.465 e. The third-order valence-electron chi connectivity index (χ3n) is 3.11. The molecule has 0 spiro atoms. The Kier molecular flexibility index (Phi) is 6.53. The molecule has 0 fully saturated rings. The monoisotopic (exact) mass is 245 g/mol. The van der Waals surface area contributed by atoms with E-state index < -0.39 is 17.7 Å². The highest BCUT2D eigenvalue weighted by atomic mass is 16.4. The van der Waals surface area contributed by atoms with Crippen LogP contribution in [0.5, 0.6) is 0 Å². The highest BCUT2D eigenvalue weighted by Crippen LogP contribution is 2.21. The van der Waals surface area contributed by atoms with E-state index in [1.807, 2.05) is 34.6 Å². The maximum atomic E-state index is 11.2. The Hall–Kier alpha value is -0.770. The van der Waals surface area contributed by atoms with E-state index in [0.29, 0.717) is 6.54 Å². The lowest BCUT2D eigenvalue weighted by molar-refractivity contribution is 0.0417. The smallest absolute Gasteiger partial charge is 0.407 e. The fraction of sp³-hybridized carbons (Fsp3) is 0.923. The first-order chi connectivity index (χ1) is 7.73. The molecule has 0 bridgehead atoms. The van der Waals surface area contributed by atoms with Gasteiger partial charge in [-0.15, -0.1) is 0 Å². The van der Waals surface area contributed by atoms with Crippen LogP contribution in [0.2, 0.25) is 0 Å². The zero-order chi connectivity index (χ0) is 13.6. The van der Waals surface area contributed by atoms with Gasteiger partial charge in [0.1, 0.15) is 0 Å². The van der Waals surface area contributed by atoms with Gasteiger partial charge in [-0.05, 0) is 33.6 Å². The fourth-order valence-corrected chi connectivity index (χ4v) is 1.93. The molecule has 4 nitrogen and oxygen atoms in total. The van der Waals surface area contributed by atoms with E-state index in [9.17, 15) is 15.0 Å². The van der Waals surface area contributed by atoms with E-state index in [-0.39, 0.29) is 5.92 Å². The molecule has 4 heteroatoms. The van der Waals surface area contributed by atoms with Crippen LogP contribution in [-0.2, 0) is 0 Å². The summed E-state index contributed by atoms with van der Waals surface area (Å²) >= 11 is 0. The standard InChI is InChI=1S/C13H27NO3/c1-6-8-11(15)10(7-2)9-14(12(16)17)13(3,4)5/h10-11,15H,6-9H2,1-5H3,(H,16,17)/t10-,11?/m1/s1. The molecule has 1 amide bonds. The Morgan fingerprint density at radius 3 is 2.12 bits per heavy atom. The number of aliphatic hydroxyl groups excluding tert-OH is 1. The molecule has 0 aromatic heterocycles. The van der Waals surface area contributed by atoms with E-state index in [2.05, 4.69) is 0 Å². The summed E-state index contributed by atoms with van der Waals surface area (Å²) in [5.41, 5.74) is -0.425. The lowest BCUT2D eigenvalue weighted by Crippen LogP contribution is -2.48. The van der Waals surface area contributed by atoms with Crippen LogP contribution in [0, 0.1) is 5.92 Å². The zero-order valence-electron chi connectivity index (χ0n) is 11.7. The van der Waals surface area contributed by atoms with Crippen molar-refractivity contribution in [2.24, 2.45) is 5.92 Å². The van der Waals surface area contributed by atoms with Gasteiger partial charge in [0.25, 0.3) is 0 Å². The third-order valence-corrected chi connectivity index (χ3v) is 3.11. The summed E-state index contributed by atoms with van der Waals surface area (Å²) in [4.78, 5) is 12.6. The zero-order valence-corrected chi connectivity index (χ0v) is 11.7. The van der Waals surface area contributed by atoms with Crippen LogP contribution in [0.3, 0.4) is 0 Å². The van der Waals surface area contributed by atoms with E-state index in [1.165, 1.54) is 4.90 Å². The van der Waals surface area contributed by atoms with E-state index >= 15 is 0 Å². The van der Waals surface area contributed by atoms with Crippen LogP contribution < -0.4 is 0 Å². The van der Waals surface area contributed by atoms with E-state index in [4.69, 9.17) is 0 Å². The number of amides is 1. The molecule has 2 N–H and O–H groups in total. The summed E-state index contributed by atoms with van der Waals surface area (Å²) in [5.74, 6) is 0.0188. The number of hydrogen-bond donors (Lipinski definition) is 2. The number of aliphatic hydroxyl groups is 1. The van der Waals surface area contributed by atoms with Gasteiger partial charge in [0, 0.05) is 18.0 Å². The van der Waals surface area contributed by atoms with E-state index in [0.717, 1.165) is 19.3 Å². The van der Waals surface area contributed by atoms with Crippen molar-refractivity contribution < 1.29 is 15.0 Å². The van der Waals surface area contributed by atoms with Crippen molar-refractivity contribution in [2.75, 3.05) is 6.54 Å². The predicted octanol–water partition coefficient (Wildman–Crippen LogP) is 2.95. The van der Waals surface area contributed by atoms with Crippen molar-refractivity contribution in [2.45, 2.75) is 65.5 Å². The topological polar surface area (TPSA) is 60.8 Å². The van der Waals surface area contributed by atoms with Gasteiger partial charge in [0.15, 0.2) is 0 Å². The highest BCUT2D eigenvalue weighted by molar-refractivity contribution is 5.66. The lowest BCUT2D eigenvalue weighted by atomic mass is 9.93. The van der Waals surface area contributed by atoms with Crippen LogP contribution >= 0.6 is 0 Å². The Morgan fingerprint density at radius 1 is 1.29 bits per heavy atom. The number of carbonyl (C=O) groups is 1. The minimum atomic E-state index is -0.917. The van der Waals surface area contributed by atoms with Crippen LogP contribution in [0.15, 0.2) is 0 Å². The molecule has 0 aromatic carbocycles. The normalized spacial score (nSPS) is 15.4. The minimum Gasteiger partial charge on any atom is -0.465 e. The van der Waals surface area contributed by atoms with Gasteiger partial charge >= 0.3 is 6.09 Å². The molecule has 0 saturated carbocycles. The first-order valence-corrected chi connectivity index (χ1v) is 6.42. The summed E-state index contributed by atoms with van der Waals surface area (Å²) in [6.07, 6.45) is 1.12. The van der Waals surface area contributed by atoms with Crippen LogP contribution in [0.1, 0.15) is 53.9 Å². The van der Waals surface area contributed by atoms with Crippen LogP contribution in [-0.4, -0.2) is 39.4 Å². The van der Waals surface area contributed by atoms with Gasteiger partial charge in [-0.1, -0.05) is 20.3 Å². The van der Waals surface area contributed by atoms with Crippen molar-refractivity contribution in [3.8, 4) is 0 Å². The number of carboxylic acid groups (broad SMARTS) is 1. The molecular weight excluding hydrogens is 218 g/mol. The summed E-state index contributed by atoms with van der Waals surface area (Å²) in [7, 11) is 0. The molecule has 0 aliphatic heterocycles. The second kappa shape index (κ2) is 6.84. The van der Waals surface area contributed by atoms with Crippen LogP contribution in [0.25, 0.3) is 0 Å². The van der Waals surface area contributed by atoms with Crippen molar-refractivity contribution in [1.29, 1.82) is 0 Å². The first-order valence-electron chi connectivity index (χ1n) is 6.42. The first kappa shape index (κ1) is 16.2. The second-order valence-corrected chi connectivity index (χ2v) is 5.59. The van der Waals surface area contributed by atoms with Crippen molar-refractivity contribution >= 4 is 6.09 Å². The average molecular weight is 245 g/mol. The summed E-state index contributed by atoms with van der Waals surface area (Å²) in [6.45, 7) is 10.0. The molecule has 1 unspecified atom stereocenters. The summed E-state index contributed by atoms with van der Waals surface area (Å²) < 4.78 is 0. The molecule has 0 heterocycles. The molecule has 102 valence electrons.